The highest BCUT2D eigenvalue weighted by atomic mass is 32.1. The molecule has 0 radical (unpaired) electrons. The molecule has 3 aliphatic heterocycles. The molecular formula is C25H28FN3O2S. The number of nitrogens with zero attached hydrogens (tertiary/aromatic N) is 2. The fourth-order valence-corrected chi connectivity index (χ4v) is 5.82. The van der Waals surface area contributed by atoms with Crippen molar-refractivity contribution in [2.24, 2.45) is 0 Å². The lowest BCUT2D eigenvalue weighted by atomic mass is 9.89. The van der Waals surface area contributed by atoms with Gasteiger partial charge >= 0.3 is 0 Å². The number of likely N-dealkylation sites (tertiary alicyclic amines) is 1. The van der Waals surface area contributed by atoms with Crippen LogP contribution >= 0.6 is 12.6 Å². The third-order valence-electron chi connectivity index (χ3n) is 7.10. The first-order valence-corrected chi connectivity index (χ1v) is 11.9. The van der Waals surface area contributed by atoms with E-state index in [2.05, 4.69) is 33.3 Å². The predicted octanol–water partition coefficient (Wildman–Crippen LogP) is 3.75. The van der Waals surface area contributed by atoms with E-state index in [1.807, 2.05) is 12.1 Å². The molecule has 3 heterocycles. The highest BCUT2D eigenvalue weighted by molar-refractivity contribution is 7.80. The molecule has 0 aromatic heterocycles. The van der Waals surface area contributed by atoms with Gasteiger partial charge in [0.05, 0.1) is 11.4 Å². The van der Waals surface area contributed by atoms with Crippen LogP contribution in [0.15, 0.2) is 42.5 Å². The van der Waals surface area contributed by atoms with E-state index in [1.54, 1.807) is 12.1 Å². The lowest BCUT2D eigenvalue weighted by molar-refractivity contribution is -0.137. The van der Waals surface area contributed by atoms with Crippen molar-refractivity contribution in [3.05, 3.63) is 70.5 Å². The summed E-state index contributed by atoms with van der Waals surface area (Å²) >= 11 is 4.83. The SMILES string of the molecule is O=C1CCC(N2Cc3ccc(CN4CCC(c5ccccc5F)CC4)cc3C2S)C(=O)N1. The molecule has 0 spiro atoms. The van der Waals surface area contributed by atoms with Gasteiger partial charge in [-0.05, 0) is 66.6 Å². The standard InChI is InChI=1S/C25H28FN3O2S/c26-21-4-2-1-3-19(21)17-9-11-28(12-10-17)14-16-5-6-18-15-29(25(32)20(18)13-16)22-7-8-23(30)27-24(22)31/h1-6,13,17,22,25,32H,7-12,14-15H2,(H,27,30,31). The van der Waals surface area contributed by atoms with E-state index in [9.17, 15) is 14.0 Å². The number of rotatable bonds is 4. The van der Waals surface area contributed by atoms with E-state index in [0.29, 0.717) is 19.4 Å². The summed E-state index contributed by atoms with van der Waals surface area (Å²) in [6.07, 6.45) is 2.84. The van der Waals surface area contributed by atoms with Crippen molar-refractivity contribution in [3.8, 4) is 0 Å². The minimum Gasteiger partial charge on any atom is -0.299 e. The van der Waals surface area contributed by atoms with Crippen molar-refractivity contribution in [2.75, 3.05) is 13.1 Å². The maximum atomic E-state index is 14.1. The molecule has 7 heteroatoms. The zero-order chi connectivity index (χ0) is 22.2. The van der Waals surface area contributed by atoms with Gasteiger partial charge in [-0.3, -0.25) is 24.7 Å². The van der Waals surface area contributed by atoms with Crippen molar-refractivity contribution in [1.82, 2.24) is 15.1 Å². The van der Waals surface area contributed by atoms with Crippen LogP contribution in [0.2, 0.25) is 0 Å². The van der Waals surface area contributed by atoms with E-state index >= 15 is 0 Å². The minimum absolute atomic E-state index is 0.0926. The fraction of sp³-hybridized carbons (Fsp3) is 0.440. The molecule has 0 saturated carbocycles. The number of imide groups is 1. The second-order valence-corrected chi connectivity index (χ2v) is 9.61. The van der Waals surface area contributed by atoms with E-state index in [4.69, 9.17) is 12.6 Å². The van der Waals surface area contributed by atoms with Crippen LogP contribution in [-0.4, -0.2) is 40.7 Å². The van der Waals surface area contributed by atoms with Crippen LogP contribution in [0.5, 0.6) is 0 Å². The first kappa shape index (κ1) is 21.6. The van der Waals surface area contributed by atoms with Crippen LogP contribution in [0.3, 0.4) is 0 Å². The number of halogens is 1. The molecule has 2 amide bonds. The number of piperidine rings is 2. The molecule has 2 aromatic rings. The first-order valence-electron chi connectivity index (χ1n) is 11.4. The summed E-state index contributed by atoms with van der Waals surface area (Å²) in [5.41, 5.74) is 4.42. The molecule has 2 fully saturated rings. The summed E-state index contributed by atoms with van der Waals surface area (Å²) in [6, 6.07) is 13.3. The largest absolute Gasteiger partial charge is 0.299 e. The Kier molecular flexibility index (Phi) is 6.05. The lowest BCUT2D eigenvalue weighted by Gasteiger charge is -2.32. The van der Waals surface area contributed by atoms with Crippen LogP contribution in [0.1, 0.15) is 59.2 Å². The predicted molar refractivity (Wildman–Crippen MR) is 124 cm³/mol. The Morgan fingerprint density at radius 1 is 1.03 bits per heavy atom. The molecule has 32 heavy (non-hydrogen) atoms. The summed E-state index contributed by atoms with van der Waals surface area (Å²) in [6.45, 7) is 3.42. The molecule has 2 atom stereocenters. The van der Waals surface area contributed by atoms with E-state index in [-0.39, 0.29) is 35.0 Å². The Labute approximate surface area is 193 Å². The molecule has 5 rings (SSSR count). The normalized spacial score (nSPS) is 25.1. The van der Waals surface area contributed by atoms with Crippen LogP contribution in [0.25, 0.3) is 0 Å². The van der Waals surface area contributed by atoms with Gasteiger partial charge in [0.2, 0.25) is 11.8 Å². The maximum Gasteiger partial charge on any atom is 0.243 e. The topological polar surface area (TPSA) is 52.7 Å². The summed E-state index contributed by atoms with van der Waals surface area (Å²) < 4.78 is 14.1. The number of amides is 2. The van der Waals surface area contributed by atoms with Gasteiger partial charge in [0.15, 0.2) is 0 Å². The Balaban J connectivity index is 1.22. The molecule has 2 unspecified atom stereocenters. The Morgan fingerprint density at radius 2 is 1.81 bits per heavy atom. The number of benzene rings is 2. The molecule has 0 aliphatic carbocycles. The summed E-state index contributed by atoms with van der Waals surface area (Å²) in [5, 5.41) is 2.30. The number of fused-ring (bicyclic) bond motifs is 1. The van der Waals surface area contributed by atoms with E-state index in [0.717, 1.165) is 43.6 Å². The number of hydrogen-bond donors (Lipinski definition) is 2. The van der Waals surface area contributed by atoms with Crippen molar-refractivity contribution in [1.29, 1.82) is 0 Å². The molecule has 1 N–H and O–H groups in total. The summed E-state index contributed by atoms with van der Waals surface area (Å²) in [7, 11) is 0. The molecular weight excluding hydrogens is 425 g/mol. The monoisotopic (exact) mass is 453 g/mol. The van der Waals surface area contributed by atoms with Gasteiger partial charge in [-0.15, -0.1) is 0 Å². The van der Waals surface area contributed by atoms with Gasteiger partial charge in [-0.2, -0.15) is 12.6 Å². The number of carbonyl (C=O) groups excluding carboxylic acids is 2. The lowest BCUT2D eigenvalue weighted by Crippen LogP contribution is -2.51. The van der Waals surface area contributed by atoms with Crippen molar-refractivity contribution in [2.45, 2.75) is 56.1 Å². The average Bonchev–Trinajstić information content (AvgIpc) is 3.11. The Hall–Kier alpha value is -2.22. The third kappa shape index (κ3) is 4.21. The van der Waals surface area contributed by atoms with Gasteiger partial charge in [0.1, 0.15) is 5.82 Å². The second-order valence-electron chi connectivity index (χ2n) is 9.12. The average molecular weight is 454 g/mol. The van der Waals surface area contributed by atoms with Crippen molar-refractivity contribution >= 4 is 24.4 Å². The Morgan fingerprint density at radius 3 is 2.56 bits per heavy atom. The van der Waals surface area contributed by atoms with Crippen molar-refractivity contribution in [3.63, 3.8) is 0 Å². The van der Waals surface area contributed by atoms with Crippen LogP contribution < -0.4 is 5.32 Å². The zero-order valence-electron chi connectivity index (χ0n) is 18.0. The smallest absolute Gasteiger partial charge is 0.243 e. The maximum absolute atomic E-state index is 14.1. The van der Waals surface area contributed by atoms with Gasteiger partial charge in [-0.25, -0.2) is 4.39 Å². The van der Waals surface area contributed by atoms with Gasteiger partial charge < -0.3 is 0 Å². The second kappa shape index (κ2) is 8.96. The fourth-order valence-electron chi connectivity index (χ4n) is 5.33. The molecule has 168 valence electrons. The summed E-state index contributed by atoms with van der Waals surface area (Å²) in [4.78, 5) is 28.3. The van der Waals surface area contributed by atoms with Crippen LogP contribution in [-0.2, 0) is 22.7 Å². The zero-order valence-corrected chi connectivity index (χ0v) is 18.9. The molecule has 5 nitrogen and oxygen atoms in total. The highest BCUT2D eigenvalue weighted by Gasteiger charge is 2.39. The number of thiol groups is 1. The third-order valence-corrected chi connectivity index (χ3v) is 7.68. The van der Waals surface area contributed by atoms with Crippen molar-refractivity contribution < 1.29 is 14.0 Å². The molecule has 3 aliphatic rings. The quantitative estimate of drug-likeness (QED) is 0.547. The summed E-state index contributed by atoms with van der Waals surface area (Å²) in [5.74, 6) is -0.216. The van der Waals surface area contributed by atoms with Crippen LogP contribution in [0.4, 0.5) is 4.39 Å². The van der Waals surface area contributed by atoms with E-state index in [1.165, 1.54) is 11.1 Å². The minimum atomic E-state index is -0.316. The van der Waals surface area contributed by atoms with Gasteiger partial charge in [0, 0.05) is 19.5 Å². The first-order chi connectivity index (χ1) is 15.5. The number of carbonyl (C=O) groups is 2. The highest BCUT2D eigenvalue weighted by Crippen LogP contribution is 2.40. The molecule has 0 bridgehead atoms. The van der Waals surface area contributed by atoms with Crippen LogP contribution in [0, 0.1) is 5.82 Å². The number of hydrogen-bond acceptors (Lipinski definition) is 5. The Bertz CT molecular complexity index is 1040. The molecule has 2 aromatic carbocycles. The molecule has 2 saturated heterocycles. The number of nitrogens with one attached hydrogen (secondary N) is 1. The van der Waals surface area contributed by atoms with E-state index < -0.39 is 0 Å². The van der Waals surface area contributed by atoms with Gasteiger partial charge in [0.25, 0.3) is 0 Å². The van der Waals surface area contributed by atoms with Gasteiger partial charge in [-0.1, -0.05) is 36.4 Å².